The average molecular weight is 642 g/mol. The Kier molecular flexibility index (Phi) is 7.74. The molecule has 0 aliphatic carbocycles. The molecule has 2 N–H and O–H groups in total. The summed E-state index contributed by atoms with van der Waals surface area (Å²) >= 11 is 0. The summed E-state index contributed by atoms with van der Waals surface area (Å²) in [6.45, 7) is 3.27. The van der Waals surface area contributed by atoms with E-state index in [1.54, 1.807) is 13.8 Å². The van der Waals surface area contributed by atoms with Gasteiger partial charge in [0.1, 0.15) is 35.2 Å². The third kappa shape index (κ3) is 5.38. The van der Waals surface area contributed by atoms with Crippen LogP contribution in [0.5, 0.6) is 5.75 Å². The highest BCUT2D eigenvalue weighted by atomic mass is 32.2. The fourth-order valence-corrected chi connectivity index (χ4v) is 7.46. The van der Waals surface area contributed by atoms with Gasteiger partial charge >= 0.3 is 0 Å². The highest BCUT2D eigenvalue weighted by Crippen LogP contribution is 2.39. The van der Waals surface area contributed by atoms with Gasteiger partial charge in [0.05, 0.1) is 23.7 Å². The molecule has 0 radical (unpaired) electrons. The standard InChI is InChI=1S/C29H29F2N7O6S/c1-17-3-5-21(31)14-23(17)45(42,43)36-9-7-29(8-10-36)28-35-24(25(39)27(41)37(28)11-12-44-29)26(40)32-15-19-4-6-20(30)13-22(19)38-18(2)33-16-34-38/h3-6,13-14,16,39H,7-12,15H2,1-2H3,(H,32,40). The minimum atomic E-state index is -4.03. The number of carbonyl (C=O) groups excluding carboxylic acids is 1. The Labute approximate surface area is 256 Å². The predicted octanol–water partition coefficient (Wildman–Crippen LogP) is 2.06. The van der Waals surface area contributed by atoms with Crippen LogP contribution in [-0.2, 0) is 33.5 Å². The second kappa shape index (κ2) is 11.4. The average Bonchev–Trinajstić information content (AvgIpc) is 3.45. The third-order valence-corrected chi connectivity index (χ3v) is 10.2. The summed E-state index contributed by atoms with van der Waals surface area (Å²) in [5.74, 6) is -2.31. The number of sulfonamides is 1. The number of benzene rings is 2. The second-order valence-electron chi connectivity index (χ2n) is 10.9. The van der Waals surface area contributed by atoms with Gasteiger partial charge in [0.2, 0.25) is 15.8 Å². The molecule has 2 aliphatic heterocycles. The first-order valence-corrected chi connectivity index (χ1v) is 15.5. The first-order chi connectivity index (χ1) is 21.4. The summed E-state index contributed by atoms with van der Waals surface area (Å²) in [6.07, 6.45) is 1.50. The Morgan fingerprint density at radius 1 is 1.09 bits per heavy atom. The van der Waals surface area contributed by atoms with Gasteiger partial charge in [0, 0.05) is 19.6 Å². The lowest BCUT2D eigenvalue weighted by Crippen LogP contribution is -2.52. The van der Waals surface area contributed by atoms with Crippen molar-refractivity contribution < 1.29 is 31.8 Å². The first-order valence-electron chi connectivity index (χ1n) is 14.1. The van der Waals surface area contributed by atoms with E-state index in [-0.39, 0.29) is 56.3 Å². The van der Waals surface area contributed by atoms with Crippen molar-refractivity contribution >= 4 is 15.9 Å². The molecule has 1 spiro atoms. The normalized spacial score (nSPS) is 16.4. The summed E-state index contributed by atoms with van der Waals surface area (Å²) in [4.78, 5) is 34.9. The Bertz CT molecular complexity index is 1990. The van der Waals surface area contributed by atoms with Crippen LogP contribution in [0.15, 0.2) is 52.4 Å². The van der Waals surface area contributed by atoms with Crippen LogP contribution in [0.2, 0.25) is 0 Å². The molecule has 2 aliphatic rings. The number of nitrogens with zero attached hydrogens (tertiary/aromatic N) is 6. The number of hydrogen-bond acceptors (Lipinski definition) is 9. The molecule has 45 heavy (non-hydrogen) atoms. The Morgan fingerprint density at radius 2 is 1.80 bits per heavy atom. The number of aryl methyl sites for hydroxylation is 2. The number of aromatic nitrogens is 5. The zero-order chi connectivity index (χ0) is 32.1. The zero-order valence-corrected chi connectivity index (χ0v) is 25.1. The van der Waals surface area contributed by atoms with Gasteiger partial charge in [0.15, 0.2) is 5.69 Å². The molecule has 0 bridgehead atoms. The van der Waals surface area contributed by atoms with Crippen LogP contribution in [0.3, 0.4) is 0 Å². The van der Waals surface area contributed by atoms with E-state index in [9.17, 15) is 31.9 Å². The lowest BCUT2D eigenvalue weighted by Gasteiger charge is -2.43. The van der Waals surface area contributed by atoms with Gasteiger partial charge in [-0.2, -0.15) is 9.40 Å². The van der Waals surface area contributed by atoms with E-state index in [1.165, 1.54) is 50.2 Å². The van der Waals surface area contributed by atoms with Crippen molar-refractivity contribution in [3.8, 4) is 11.4 Å². The Hall–Kier alpha value is -4.54. The van der Waals surface area contributed by atoms with Gasteiger partial charge < -0.3 is 15.2 Å². The SMILES string of the molecule is Cc1ccc(F)cc1S(=O)(=O)N1CCC2(CC1)OCCn1c2nc(C(=O)NCc2ccc(F)cc2-n2ncnc2C)c(O)c1=O. The maximum Gasteiger partial charge on any atom is 0.296 e. The number of rotatable bonds is 6. The molecule has 2 aromatic carbocycles. The molecule has 1 amide bonds. The van der Waals surface area contributed by atoms with Crippen LogP contribution >= 0.6 is 0 Å². The van der Waals surface area contributed by atoms with Crippen LogP contribution in [0.25, 0.3) is 5.69 Å². The van der Waals surface area contributed by atoms with E-state index in [0.717, 1.165) is 6.07 Å². The van der Waals surface area contributed by atoms with E-state index < -0.39 is 50.2 Å². The number of amides is 1. The molecule has 16 heteroatoms. The van der Waals surface area contributed by atoms with Crippen molar-refractivity contribution in [2.75, 3.05) is 19.7 Å². The van der Waals surface area contributed by atoms with Crippen molar-refractivity contribution in [2.45, 2.75) is 50.3 Å². The molecular formula is C29H29F2N7O6S. The molecule has 6 rings (SSSR count). The summed E-state index contributed by atoms with van der Waals surface area (Å²) in [5, 5.41) is 17.4. The molecule has 13 nitrogen and oxygen atoms in total. The second-order valence-corrected chi connectivity index (χ2v) is 12.8. The smallest absolute Gasteiger partial charge is 0.296 e. The monoisotopic (exact) mass is 641 g/mol. The van der Waals surface area contributed by atoms with Crippen molar-refractivity contribution in [1.82, 2.24) is 33.9 Å². The minimum Gasteiger partial charge on any atom is -0.501 e. The number of ether oxygens (including phenoxy) is 1. The maximum absolute atomic E-state index is 14.1. The van der Waals surface area contributed by atoms with Crippen LogP contribution in [0.1, 0.15) is 46.1 Å². The summed E-state index contributed by atoms with van der Waals surface area (Å²) < 4.78 is 64.7. The summed E-state index contributed by atoms with van der Waals surface area (Å²) in [6, 6.07) is 7.51. The fraction of sp³-hybridized carbons (Fsp3) is 0.345. The van der Waals surface area contributed by atoms with E-state index in [2.05, 4.69) is 20.4 Å². The molecule has 1 fully saturated rings. The van der Waals surface area contributed by atoms with Gasteiger partial charge in [-0.25, -0.2) is 31.8 Å². The zero-order valence-electron chi connectivity index (χ0n) is 24.3. The lowest BCUT2D eigenvalue weighted by molar-refractivity contribution is -0.110. The highest BCUT2D eigenvalue weighted by molar-refractivity contribution is 7.89. The van der Waals surface area contributed by atoms with Gasteiger partial charge in [-0.15, -0.1) is 0 Å². The topological polar surface area (TPSA) is 162 Å². The first kappa shape index (κ1) is 30.5. The molecule has 0 unspecified atom stereocenters. The molecule has 2 aromatic heterocycles. The minimum absolute atomic E-state index is 0.0222. The van der Waals surface area contributed by atoms with E-state index >= 15 is 0 Å². The number of hydrogen-bond donors (Lipinski definition) is 2. The van der Waals surface area contributed by atoms with Crippen LogP contribution < -0.4 is 10.9 Å². The number of piperidine rings is 1. The Morgan fingerprint density at radius 3 is 2.51 bits per heavy atom. The number of carbonyl (C=O) groups is 1. The van der Waals surface area contributed by atoms with Gasteiger partial charge in [-0.05, 0) is 62.1 Å². The molecular weight excluding hydrogens is 612 g/mol. The van der Waals surface area contributed by atoms with Crippen LogP contribution in [-0.4, -0.2) is 67.7 Å². The predicted molar refractivity (Wildman–Crippen MR) is 154 cm³/mol. The van der Waals surface area contributed by atoms with E-state index in [4.69, 9.17) is 4.74 Å². The highest BCUT2D eigenvalue weighted by Gasteiger charge is 2.46. The number of aromatic hydroxyl groups is 1. The molecule has 4 aromatic rings. The number of nitrogens with one attached hydrogen (secondary N) is 1. The van der Waals surface area contributed by atoms with Crippen LogP contribution in [0, 0.1) is 25.5 Å². The molecule has 0 saturated carbocycles. The third-order valence-electron chi connectivity index (χ3n) is 8.19. The maximum atomic E-state index is 14.1. The number of fused-ring (bicyclic) bond motifs is 2. The lowest BCUT2D eigenvalue weighted by atomic mass is 9.89. The molecule has 1 saturated heterocycles. The van der Waals surface area contributed by atoms with Crippen LogP contribution in [0.4, 0.5) is 8.78 Å². The van der Waals surface area contributed by atoms with E-state index in [0.29, 0.717) is 22.6 Å². The largest absolute Gasteiger partial charge is 0.501 e. The quantitative estimate of drug-likeness (QED) is 0.321. The fourth-order valence-electron chi connectivity index (χ4n) is 5.78. The summed E-state index contributed by atoms with van der Waals surface area (Å²) in [7, 11) is -4.03. The summed E-state index contributed by atoms with van der Waals surface area (Å²) in [5.41, 5.74) is -1.34. The van der Waals surface area contributed by atoms with Crippen molar-refractivity contribution in [3.05, 3.63) is 93.2 Å². The van der Waals surface area contributed by atoms with Crippen molar-refractivity contribution in [1.29, 1.82) is 0 Å². The van der Waals surface area contributed by atoms with Gasteiger partial charge in [-0.3, -0.25) is 14.2 Å². The molecule has 0 atom stereocenters. The van der Waals surface area contributed by atoms with Crippen molar-refractivity contribution in [3.63, 3.8) is 0 Å². The van der Waals surface area contributed by atoms with Gasteiger partial charge in [0.25, 0.3) is 11.5 Å². The molecule has 4 heterocycles. The Balaban J connectivity index is 1.27. The number of halogens is 2. The van der Waals surface area contributed by atoms with E-state index in [1.807, 2.05) is 0 Å². The van der Waals surface area contributed by atoms with Gasteiger partial charge in [-0.1, -0.05) is 12.1 Å². The molecule has 236 valence electrons. The van der Waals surface area contributed by atoms with Crippen molar-refractivity contribution in [2.24, 2.45) is 0 Å².